The Morgan fingerprint density at radius 2 is 0.459 bits per heavy atom. The molecule has 0 bridgehead atoms. The third-order valence-corrected chi connectivity index (χ3v) is 25.3. The molecule has 0 aromatic heterocycles. The van der Waals surface area contributed by atoms with Gasteiger partial charge in [0.2, 0.25) is 0 Å². The number of unbranched alkanes of at least 4 members (excludes halogenated alkanes) is 30. The lowest BCUT2D eigenvalue weighted by molar-refractivity contribution is -0.393. The maximum atomic E-state index is 15.4. The Morgan fingerprint density at radius 3 is 0.711 bits per heavy atom. The Labute approximate surface area is 805 Å². The summed E-state index contributed by atoms with van der Waals surface area (Å²) in [4.78, 5) is 30.8. The molecular formula is C118H150O17. The van der Waals surface area contributed by atoms with Crippen LogP contribution in [0.1, 0.15) is 285 Å². The van der Waals surface area contributed by atoms with E-state index in [0.717, 1.165) is 83.0 Å². The van der Waals surface area contributed by atoms with Gasteiger partial charge in [-0.15, -0.1) is 0 Å². The van der Waals surface area contributed by atoms with E-state index in [1.807, 2.05) is 243 Å². The van der Waals surface area contributed by atoms with Crippen molar-refractivity contribution in [1.82, 2.24) is 0 Å². The van der Waals surface area contributed by atoms with Gasteiger partial charge in [0.25, 0.3) is 0 Å². The maximum absolute atomic E-state index is 15.4. The van der Waals surface area contributed by atoms with Crippen molar-refractivity contribution in [1.29, 1.82) is 0 Å². The summed E-state index contributed by atoms with van der Waals surface area (Å²) >= 11 is 0. The highest BCUT2D eigenvalue weighted by molar-refractivity contribution is 5.93. The number of carbonyl (C=O) groups excluding carboxylic acids is 2. The lowest BCUT2D eigenvalue weighted by Crippen LogP contribution is -2.66. The van der Waals surface area contributed by atoms with Crippen LogP contribution >= 0.6 is 0 Å². The Hall–Kier alpha value is -10.0. The Bertz CT molecular complexity index is 4450. The fraction of sp³-hybridized carbons (Fsp3) is 0.475. The molecule has 2 fully saturated rings. The third-order valence-electron chi connectivity index (χ3n) is 25.3. The molecule has 17 heteroatoms. The number of esters is 2. The highest BCUT2D eigenvalue weighted by Gasteiger charge is 2.55. The number of ether oxygens (including phenoxy) is 15. The van der Waals surface area contributed by atoms with Gasteiger partial charge < -0.3 is 71.1 Å². The van der Waals surface area contributed by atoms with Crippen LogP contribution in [0, 0.1) is 0 Å². The average molecular weight is 1840 g/mol. The molecule has 10 atom stereocenters. The SMILES string of the molecule is CCCCCCCCCCCCCCCCCCOc1ccc(C(=O)OC[C@H]2O[C@H](O[C@H]3O[C@H](COC(=O)c4ccc(OCCCCCCCCCCCCCCCCCC)cc4OCc4ccccc4)[C@@H](OCc4ccccc4)[C@H](OCc4ccccc4)[C@H]3OCc3ccccc3)[C@H](OCc3ccccc3)[C@@H](OCc3ccccc3)[C@@H]2OCc2ccccc2)c(OCc2ccccc2)c1. The van der Waals surface area contributed by atoms with Gasteiger partial charge in [0.05, 0.1) is 52.9 Å². The van der Waals surface area contributed by atoms with Crippen LogP contribution in [-0.2, 0) is 105 Å². The zero-order valence-corrected chi connectivity index (χ0v) is 80.4. The molecule has 2 heterocycles. The minimum atomic E-state index is -1.45. The van der Waals surface area contributed by atoms with Crippen LogP contribution in [0.4, 0.5) is 0 Å². The fourth-order valence-electron chi connectivity index (χ4n) is 17.5. The summed E-state index contributed by atoms with van der Waals surface area (Å²) in [5.41, 5.74) is 7.37. The molecule has 0 spiro atoms. The van der Waals surface area contributed by atoms with E-state index >= 15 is 9.59 Å². The topological polar surface area (TPSA) is 173 Å². The Morgan fingerprint density at radius 1 is 0.237 bits per heavy atom. The van der Waals surface area contributed by atoms with E-state index in [-0.39, 0.29) is 88.7 Å². The second-order valence-electron chi connectivity index (χ2n) is 36.2. The van der Waals surface area contributed by atoms with Crippen molar-refractivity contribution in [3.05, 3.63) is 335 Å². The van der Waals surface area contributed by atoms with Crippen LogP contribution in [0.15, 0.2) is 279 Å². The van der Waals surface area contributed by atoms with Crippen LogP contribution in [0.3, 0.4) is 0 Å². The van der Waals surface area contributed by atoms with Gasteiger partial charge in [0, 0.05) is 12.1 Å². The van der Waals surface area contributed by atoms with Crippen LogP contribution in [0.2, 0.25) is 0 Å². The number of hydrogen-bond donors (Lipinski definition) is 0. The monoisotopic (exact) mass is 1840 g/mol. The van der Waals surface area contributed by atoms with Gasteiger partial charge in [-0.25, -0.2) is 9.59 Å². The summed E-state index contributed by atoms with van der Waals surface area (Å²) in [6.07, 6.45) is 29.2. The van der Waals surface area contributed by atoms with Gasteiger partial charge in [-0.3, -0.25) is 0 Å². The molecule has 724 valence electrons. The summed E-state index contributed by atoms with van der Waals surface area (Å²) in [5, 5.41) is 0. The van der Waals surface area contributed by atoms with E-state index < -0.39 is 73.4 Å². The lowest BCUT2D eigenvalue weighted by atomic mass is 9.96. The quantitative estimate of drug-likeness (QED) is 0.0260. The summed E-state index contributed by atoms with van der Waals surface area (Å²) in [7, 11) is 0. The van der Waals surface area contributed by atoms with E-state index in [4.69, 9.17) is 71.1 Å². The van der Waals surface area contributed by atoms with Crippen molar-refractivity contribution in [2.45, 2.75) is 334 Å². The van der Waals surface area contributed by atoms with Gasteiger partial charge in [-0.1, -0.05) is 449 Å². The summed E-state index contributed by atoms with van der Waals surface area (Å²) in [6, 6.07) is 89.4. The minimum absolute atomic E-state index is 0.0654. The predicted octanol–water partition coefficient (Wildman–Crippen LogP) is 28.1. The van der Waals surface area contributed by atoms with Crippen LogP contribution < -0.4 is 18.9 Å². The molecule has 2 aliphatic rings. The van der Waals surface area contributed by atoms with Crippen molar-refractivity contribution in [3.63, 3.8) is 0 Å². The second-order valence-corrected chi connectivity index (χ2v) is 36.2. The first-order valence-electron chi connectivity index (χ1n) is 50.9. The Kier molecular flexibility index (Phi) is 48.2. The zero-order valence-electron chi connectivity index (χ0n) is 80.4. The van der Waals surface area contributed by atoms with Crippen molar-refractivity contribution >= 4 is 11.9 Å². The molecule has 10 aromatic carbocycles. The van der Waals surface area contributed by atoms with Crippen LogP contribution in [0.5, 0.6) is 23.0 Å². The molecule has 0 N–H and O–H groups in total. The molecule has 0 unspecified atom stereocenters. The van der Waals surface area contributed by atoms with Gasteiger partial charge >= 0.3 is 11.9 Å². The van der Waals surface area contributed by atoms with E-state index in [9.17, 15) is 0 Å². The normalized spacial score (nSPS) is 18.2. The maximum Gasteiger partial charge on any atom is 0.342 e. The molecule has 17 nitrogen and oxygen atoms in total. The van der Waals surface area contributed by atoms with Crippen molar-refractivity contribution in [2.24, 2.45) is 0 Å². The van der Waals surface area contributed by atoms with E-state index in [0.29, 0.717) is 24.7 Å². The summed E-state index contributed by atoms with van der Waals surface area (Å²) < 4.78 is 106. The molecule has 0 saturated carbocycles. The second kappa shape index (κ2) is 62.7. The molecule has 2 saturated heterocycles. The van der Waals surface area contributed by atoms with Crippen molar-refractivity contribution in [3.8, 4) is 23.0 Å². The summed E-state index contributed by atoms with van der Waals surface area (Å²) in [5.74, 6) is 0.354. The minimum Gasteiger partial charge on any atom is -0.493 e. The van der Waals surface area contributed by atoms with E-state index in [1.165, 1.54) is 167 Å². The first-order chi connectivity index (χ1) is 66.8. The standard InChI is InChI=1S/C118H150O17/c1-3-5-7-9-11-13-15-17-19-21-23-25-27-29-31-57-79-121-101-75-77-103(105(81-101)123-83-93-59-41-33-42-60-93)115(119)131-91-107-109(125-85-95-63-45-35-46-64-95)111(127-87-97-67-49-37-50-68-97)113(129-89-99-71-53-39-54-72-99)117(133-107)135-118-114(130-90-100-73-55-40-56-74-100)112(128-88-98-69-51-38-52-70-98)110(126-86-96-65-47-36-48-66-96)108(134-118)92-132-116(120)104-78-76-102(82-106(104)124-84-94-61-43-34-44-62-94)122-80-58-32-30-28-26-24-22-20-18-16-14-12-10-8-6-4-2/h33-56,59-78,81-82,107-114,117-118H,3-32,57-58,79-80,83-92H2,1-2H3/t107-,108-,109-,110-,111+,112+,113-,114-,117-,118-/m1/s1. The van der Waals surface area contributed by atoms with Gasteiger partial charge in [-0.2, -0.15) is 0 Å². The highest BCUT2D eigenvalue weighted by atomic mass is 16.8. The molecule has 0 radical (unpaired) electrons. The smallest absolute Gasteiger partial charge is 0.342 e. The fourth-order valence-corrected chi connectivity index (χ4v) is 17.5. The predicted molar refractivity (Wildman–Crippen MR) is 534 cm³/mol. The molecule has 0 amide bonds. The number of hydrogen-bond acceptors (Lipinski definition) is 17. The number of carbonyl (C=O) groups is 2. The lowest BCUT2D eigenvalue weighted by Gasteiger charge is -2.49. The zero-order chi connectivity index (χ0) is 93.3. The first-order valence-corrected chi connectivity index (χ1v) is 50.9. The van der Waals surface area contributed by atoms with E-state index in [1.54, 1.807) is 36.4 Å². The molecule has 2 aliphatic heterocycles. The van der Waals surface area contributed by atoms with Gasteiger partial charge in [0.1, 0.15) is 109 Å². The van der Waals surface area contributed by atoms with Crippen LogP contribution in [0.25, 0.3) is 0 Å². The molecule has 0 aliphatic carbocycles. The van der Waals surface area contributed by atoms with Crippen molar-refractivity contribution < 1.29 is 80.6 Å². The molecular weight excluding hydrogens is 1690 g/mol. The number of benzene rings is 10. The molecule has 12 rings (SSSR count). The van der Waals surface area contributed by atoms with Gasteiger partial charge in [-0.05, 0) is 81.6 Å². The third kappa shape index (κ3) is 38.1. The van der Waals surface area contributed by atoms with E-state index in [2.05, 4.69) is 13.8 Å². The highest BCUT2D eigenvalue weighted by Crippen LogP contribution is 2.39. The Balaban J connectivity index is 0.834. The first kappa shape index (κ1) is 104. The number of rotatable bonds is 68. The van der Waals surface area contributed by atoms with Crippen molar-refractivity contribution in [2.75, 3.05) is 26.4 Å². The van der Waals surface area contributed by atoms with Crippen LogP contribution in [-0.4, -0.2) is 99.8 Å². The summed E-state index contributed by atoms with van der Waals surface area (Å²) in [6.45, 7) is 5.68. The largest absolute Gasteiger partial charge is 0.493 e. The molecule has 10 aromatic rings. The molecule has 135 heavy (non-hydrogen) atoms. The average Bonchev–Trinajstić information content (AvgIpc) is 0.765. The van der Waals surface area contributed by atoms with Gasteiger partial charge in [0.15, 0.2) is 12.6 Å².